The van der Waals surface area contributed by atoms with Crippen LogP contribution in [-0.2, 0) is 13.0 Å². The molecule has 4 aromatic rings. The number of fused-ring (bicyclic) bond motifs is 1. The Labute approximate surface area is 225 Å². The lowest BCUT2D eigenvalue weighted by Gasteiger charge is -2.11. The SMILES string of the molecule is C=C(O)C(F)(F)F.O=C(NCc1ccncc1)c1ccc(-c2cc(-c3cc4c([nH]3)CCNC4=O)c(F)cn2)cc1. The fourth-order valence-corrected chi connectivity index (χ4v) is 3.82. The van der Waals surface area contributed by atoms with Crippen LogP contribution in [0.3, 0.4) is 0 Å². The van der Waals surface area contributed by atoms with Crippen molar-refractivity contribution in [1.82, 2.24) is 25.6 Å². The summed E-state index contributed by atoms with van der Waals surface area (Å²) in [7, 11) is 0. The molecule has 4 heterocycles. The number of amides is 2. The van der Waals surface area contributed by atoms with Crippen LogP contribution in [0.5, 0.6) is 0 Å². The summed E-state index contributed by atoms with van der Waals surface area (Å²) >= 11 is 0. The minimum Gasteiger partial charge on any atom is -0.505 e. The number of aliphatic hydroxyl groups is 1. The third-order valence-corrected chi connectivity index (χ3v) is 5.92. The van der Waals surface area contributed by atoms with Crippen LogP contribution < -0.4 is 10.6 Å². The molecule has 12 heteroatoms. The maximum atomic E-state index is 14.6. The molecule has 0 spiro atoms. The van der Waals surface area contributed by atoms with Gasteiger partial charge in [-0.2, -0.15) is 13.2 Å². The first-order valence-electron chi connectivity index (χ1n) is 11.9. The van der Waals surface area contributed by atoms with Gasteiger partial charge in [-0.25, -0.2) is 4.39 Å². The molecule has 4 N–H and O–H groups in total. The molecule has 5 rings (SSSR count). The summed E-state index contributed by atoms with van der Waals surface area (Å²) in [5.41, 5.74) is 4.99. The number of hydrogen-bond donors (Lipinski definition) is 4. The van der Waals surface area contributed by atoms with Crippen LogP contribution in [0.4, 0.5) is 17.6 Å². The molecule has 0 atom stereocenters. The van der Waals surface area contributed by atoms with E-state index in [1.54, 1.807) is 48.8 Å². The summed E-state index contributed by atoms with van der Waals surface area (Å²) < 4.78 is 47.1. The van der Waals surface area contributed by atoms with E-state index >= 15 is 0 Å². The molecule has 0 saturated heterocycles. The second kappa shape index (κ2) is 11.8. The Morgan fingerprint density at radius 3 is 2.38 bits per heavy atom. The van der Waals surface area contributed by atoms with Gasteiger partial charge in [0, 0.05) is 60.0 Å². The van der Waals surface area contributed by atoms with Crippen molar-refractivity contribution < 1.29 is 32.3 Å². The van der Waals surface area contributed by atoms with Crippen LogP contribution in [0, 0.1) is 5.82 Å². The average molecular weight is 554 g/mol. The fraction of sp³-hybridized carbons (Fsp3) is 0.143. The molecular formula is C28H23F4N5O3. The van der Waals surface area contributed by atoms with E-state index in [2.05, 4.69) is 32.2 Å². The van der Waals surface area contributed by atoms with Crippen molar-refractivity contribution in [2.75, 3.05) is 6.54 Å². The van der Waals surface area contributed by atoms with Crippen LogP contribution in [0.15, 0.2) is 79.5 Å². The molecule has 0 aliphatic carbocycles. The molecule has 40 heavy (non-hydrogen) atoms. The molecule has 206 valence electrons. The number of nitrogens with zero attached hydrogens (tertiary/aromatic N) is 2. The minimum atomic E-state index is -4.64. The lowest BCUT2D eigenvalue weighted by atomic mass is 10.0. The molecule has 1 aromatic carbocycles. The number of H-pyrrole nitrogens is 1. The van der Waals surface area contributed by atoms with E-state index < -0.39 is 17.8 Å². The molecule has 8 nitrogen and oxygen atoms in total. The summed E-state index contributed by atoms with van der Waals surface area (Å²) in [4.78, 5) is 35.8. The third-order valence-electron chi connectivity index (χ3n) is 5.92. The summed E-state index contributed by atoms with van der Waals surface area (Å²) in [6.07, 6.45) is 0.556. The fourth-order valence-electron chi connectivity index (χ4n) is 3.82. The molecule has 0 fully saturated rings. The van der Waals surface area contributed by atoms with E-state index in [-0.39, 0.29) is 11.8 Å². The van der Waals surface area contributed by atoms with Crippen LogP contribution in [0.25, 0.3) is 22.5 Å². The Bertz CT molecular complexity index is 1530. The lowest BCUT2D eigenvalue weighted by molar-refractivity contribution is -0.119. The first-order chi connectivity index (χ1) is 19.0. The molecule has 2 amide bonds. The lowest BCUT2D eigenvalue weighted by Crippen LogP contribution is -2.31. The molecule has 0 bridgehead atoms. The minimum absolute atomic E-state index is 0.161. The first-order valence-corrected chi connectivity index (χ1v) is 11.9. The predicted octanol–water partition coefficient (Wildman–Crippen LogP) is 5.11. The van der Waals surface area contributed by atoms with Gasteiger partial charge in [0.25, 0.3) is 11.8 Å². The molecule has 3 aromatic heterocycles. The van der Waals surface area contributed by atoms with Crippen LogP contribution >= 0.6 is 0 Å². The number of halogens is 4. The van der Waals surface area contributed by atoms with Gasteiger partial charge in [-0.3, -0.25) is 19.6 Å². The van der Waals surface area contributed by atoms with Crippen LogP contribution in [-0.4, -0.2) is 44.6 Å². The number of hydrogen-bond acceptors (Lipinski definition) is 5. The zero-order valence-corrected chi connectivity index (χ0v) is 20.8. The van der Waals surface area contributed by atoms with E-state index in [1.165, 1.54) is 6.20 Å². The number of allylic oxidation sites excluding steroid dienone is 1. The topological polar surface area (TPSA) is 120 Å². The quantitative estimate of drug-likeness (QED) is 0.202. The number of benzene rings is 1. The van der Waals surface area contributed by atoms with Gasteiger partial charge in [-0.1, -0.05) is 18.7 Å². The predicted molar refractivity (Wildman–Crippen MR) is 139 cm³/mol. The number of rotatable bonds is 5. The maximum absolute atomic E-state index is 14.6. The Morgan fingerprint density at radius 1 is 1.07 bits per heavy atom. The monoisotopic (exact) mass is 553 g/mol. The second-order valence-electron chi connectivity index (χ2n) is 8.69. The first kappa shape index (κ1) is 28.0. The van der Waals surface area contributed by atoms with Crippen molar-refractivity contribution in [2.45, 2.75) is 19.1 Å². The standard InChI is InChI=1S/C25H20FN5O2.C3H3F3O/c26-20-14-29-22(11-18(20)23-12-19-21(31-23)7-10-28-25(19)33)16-1-3-17(4-2-16)24(32)30-13-15-5-8-27-9-6-15;1-2(7)3(4,5)6/h1-6,8-9,11-12,14,31H,7,10,13H2,(H,28,33)(H,30,32);7H,1H2. The smallest absolute Gasteiger partial charge is 0.448 e. The second-order valence-corrected chi connectivity index (χ2v) is 8.69. The summed E-state index contributed by atoms with van der Waals surface area (Å²) in [5.74, 6) is -2.59. The number of pyridine rings is 2. The number of nitrogens with one attached hydrogen (secondary N) is 3. The Balaban J connectivity index is 0.000000470. The van der Waals surface area contributed by atoms with E-state index in [4.69, 9.17) is 5.11 Å². The average Bonchev–Trinajstić information content (AvgIpc) is 3.38. The highest BCUT2D eigenvalue weighted by Crippen LogP contribution is 2.29. The summed E-state index contributed by atoms with van der Waals surface area (Å²) in [5, 5.41) is 13.2. The third kappa shape index (κ3) is 6.70. The van der Waals surface area contributed by atoms with Crippen molar-refractivity contribution in [3.63, 3.8) is 0 Å². The molecular weight excluding hydrogens is 530 g/mol. The van der Waals surface area contributed by atoms with Crippen molar-refractivity contribution in [3.8, 4) is 22.5 Å². The van der Waals surface area contributed by atoms with Gasteiger partial charge in [0.05, 0.1) is 17.5 Å². The van der Waals surface area contributed by atoms with Crippen molar-refractivity contribution in [3.05, 3.63) is 108 Å². The van der Waals surface area contributed by atoms with Crippen molar-refractivity contribution in [2.24, 2.45) is 0 Å². The Morgan fingerprint density at radius 2 is 1.75 bits per heavy atom. The van der Waals surface area contributed by atoms with Crippen molar-refractivity contribution in [1.29, 1.82) is 0 Å². The highest BCUT2D eigenvalue weighted by Gasteiger charge is 2.31. The van der Waals surface area contributed by atoms with Gasteiger partial charge in [-0.05, 0) is 42.0 Å². The number of aromatic nitrogens is 3. The van der Waals surface area contributed by atoms with Gasteiger partial charge >= 0.3 is 6.18 Å². The van der Waals surface area contributed by atoms with Gasteiger partial charge in [-0.15, -0.1) is 0 Å². The number of aliphatic hydroxyl groups excluding tert-OH is 1. The maximum Gasteiger partial charge on any atom is 0.448 e. The van der Waals surface area contributed by atoms with Gasteiger partial charge in [0.2, 0.25) is 0 Å². The van der Waals surface area contributed by atoms with Crippen LogP contribution in [0.2, 0.25) is 0 Å². The van der Waals surface area contributed by atoms with E-state index in [9.17, 15) is 27.2 Å². The molecule has 0 radical (unpaired) electrons. The Kier molecular flexibility index (Phi) is 8.27. The molecule has 1 aliphatic heterocycles. The van der Waals surface area contributed by atoms with Crippen molar-refractivity contribution >= 4 is 11.8 Å². The summed E-state index contributed by atoms with van der Waals surface area (Å²) in [6, 6.07) is 14.0. The molecule has 0 saturated carbocycles. The number of carbonyl (C=O) groups is 2. The normalized spacial score (nSPS) is 12.4. The van der Waals surface area contributed by atoms with Gasteiger partial charge in [0.1, 0.15) is 0 Å². The largest absolute Gasteiger partial charge is 0.505 e. The zero-order chi connectivity index (χ0) is 28.9. The van der Waals surface area contributed by atoms with Gasteiger partial charge in [0.15, 0.2) is 11.6 Å². The Hall–Kier alpha value is -5.00. The van der Waals surface area contributed by atoms with Crippen LogP contribution in [0.1, 0.15) is 32.0 Å². The highest BCUT2D eigenvalue weighted by molar-refractivity contribution is 5.98. The van der Waals surface area contributed by atoms with E-state index in [1.807, 2.05) is 12.1 Å². The number of alkyl halides is 3. The molecule has 0 unspecified atom stereocenters. The molecule has 1 aliphatic rings. The van der Waals surface area contributed by atoms with E-state index in [0.29, 0.717) is 47.6 Å². The van der Waals surface area contributed by atoms with E-state index in [0.717, 1.165) is 16.8 Å². The zero-order valence-electron chi connectivity index (χ0n) is 20.8. The highest BCUT2D eigenvalue weighted by atomic mass is 19.4. The summed E-state index contributed by atoms with van der Waals surface area (Å²) in [6.45, 7) is 3.22. The number of carbonyl (C=O) groups excluding carboxylic acids is 2. The number of aromatic amines is 1. The van der Waals surface area contributed by atoms with Gasteiger partial charge < -0.3 is 20.7 Å².